The van der Waals surface area contributed by atoms with Crippen LogP contribution in [0.5, 0.6) is 0 Å². The van der Waals surface area contributed by atoms with E-state index < -0.39 is 22.0 Å². The highest BCUT2D eigenvalue weighted by atomic mass is 32.2. The van der Waals surface area contributed by atoms with E-state index in [0.29, 0.717) is 12.1 Å². The monoisotopic (exact) mass is 474 g/mol. The van der Waals surface area contributed by atoms with E-state index in [-0.39, 0.29) is 23.0 Å². The molecule has 2 N–H and O–H groups in total. The van der Waals surface area contributed by atoms with Crippen molar-refractivity contribution in [3.05, 3.63) is 48.2 Å². The normalized spacial score (nSPS) is 20.0. The Kier molecular flexibility index (Phi) is 8.10. The fourth-order valence-corrected chi connectivity index (χ4v) is 5.10. The van der Waals surface area contributed by atoms with E-state index >= 15 is 0 Å². The van der Waals surface area contributed by atoms with Gasteiger partial charge in [0.15, 0.2) is 0 Å². The molecule has 0 radical (unpaired) electrons. The number of anilines is 2. The molecule has 1 amide bonds. The third-order valence-corrected chi connectivity index (χ3v) is 6.90. The van der Waals surface area contributed by atoms with Gasteiger partial charge in [0, 0.05) is 13.1 Å². The third kappa shape index (κ3) is 6.99. The molecule has 0 spiro atoms. The van der Waals surface area contributed by atoms with E-state index in [2.05, 4.69) is 19.9 Å². The fraction of sp³-hybridized carbons (Fsp3) is 0.500. The number of benzene rings is 1. The van der Waals surface area contributed by atoms with Gasteiger partial charge in [-0.05, 0) is 57.4 Å². The number of morpholine rings is 1. The van der Waals surface area contributed by atoms with Crippen LogP contribution in [0.15, 0.2) is 47.5 Å². The average molecular weight is 475 g/mol. The molecule has 2 aromatic rings. The van der Waals surface area contributed by atoms with Crippen molar-refractivity contribution in [1.82, 2.24) is 9.71 Å². The number of rotatable bonds is 8. The summed E-state index contributed by atoms with van der Waals surface area (Å²) in [6, 6.07) is 9.28. The van der Waals surface area contributed by atoms with Crippen molar-refractivity contribution in [3.63, 3.8) is 0 Å². The molecule has 1 aromatic carbocycles. The number of aryl methyl sites for hydroxylation is 1. The molecule has 9 heteroatoms. The Morgan fingerprint density at radius 3 is 2.30 bits per heavy atom. The van der Waals surface area contributed by atoms with Gasteiger partial charge in [0.1, 0.15) is 11.9 Å². The minimum atomic E-state index is -3.84. The molecule has 3 atom stereocenters. The topological polar surface area (TPSA) is 101 Å². The Balaban J connectivity index is 1.70. The minimum Gasteiger partial charge on any atom is -0.372 e. The first-order valence-electron chi connectivity index (χ1n) is 11.3. The second-order valence-electron chi connectivity index (χ2n) is 9.17. The summed E-state index contributed by atoms with van der Waals surface area (Å²) in [5.41, 5.74) is 1.48. The Hall–Kier alpha value is -2.49. The smallest absolute Gasteiger partial charge is 0.242 e. The van der Waals surface area contributed by atoms with Crippen molar-refractivity contribution < 1.29 is 17.9 Å². The van der Waals surface area contributed by atoms with Crippen LogP contribution in [-0.4, -0.2) is 50.6 Å². The highest BCUT2D eigenvalue weighted by molar-refractivity contribution is 7.89. The average Bonchev–Trinajstić information content (AvgIpc) is 2.73. The zero-order chi connectivity index (χ0) is 24.2. The molecule has 180 valence electrons. The number of nitrogens with one attached hydrogen (secondary N) is 2. The van der Waals surface area contributed by atoms with Gasteiger partial charge >= 0.3 is 0 Å². The quantitative estimate of drug-likeness (QED) is 0.609. The number of sulfonamides is 1. The van der Waals surface area contributed by atoms with Gasteiger partial charge in [-0.3, -0.25) is 4.79 Å². The summed E-state index contributed by atoms with van der Waals surface area (Å²) in [6.07, 6.45) is 2.20. The van der Waals surface area contributed by atoms with Gasteiger partial charge in [-0.2, -0.15) is 4.72 Å². The summed E-state index contributed by atoms with van der Waals surface area (Å²) in [5.74, 6) is 0.517. The highest BCUT2D eigenvalue weighted by Crippen LogP contribution is 2.20. The Morgan fingerprint density at radius 2 is 1.76 bits per heavy atom. The van der Waals surface area contributed by atoms with E-state index in [4.69, 9.17) is 4.74 Å². The van der Waals surface area contributed by atoms with Gasteiger partial charge < -0.3 is 15.0 Å². The predicted octanol–water partition coefficient (Wildman–Crippen LogP) is 3.34. The molecule has 33 heavy (non-hydrogen) atoms. The number of hydrogen-bond donors (Lipinski definition) is 2. The van der Waals surface area contributed by atoms with E-state index in [9.17, 15) is 13.2 Å². The molecule has 1 fully saturated rings. The summed E-state index contributed by atoms with van der Waals surface area (Å²) >= 11 is 0. The first-order valence-corrected chi connectivity index (χ1v) is 12.8. The van der Waals surface area contributed by atoms with Crippen LogP contribution in [0.3, 0.4) is 0 Å². The van der Waals surface area contributed by atoms with Gasteiger partial charge in [-0.25, -0.2) is 13.4 Å². The number of hydrogen-bond acceptors (Lipinski definition) is 6. The molecular weight excluding hydrogens is 440 g/mol. The van der Waals surface area contributed by atoms with Crippen molar-refractivity contribution in [2.24, 2.45) is 5.92 Å². The van der Waals surface area contributed by atoms with Crippen molar-refractivity contribution in [2.75, 3.05) is 23.3 Å². The lowest BCUT2D eigenvalue weighted by molar-refractivity contribution is -0.118. The van der Waals surface area contributed by atoms with Crippen LogP contribution < -0.4 is 14.9 Å². The molecule has 0 saturated carbocycles. The van der Waals surface area contributed by atoms with Crippen LogP contribution in [0.25, 0.3) is 0 Å². The van der Waals surface area contributed by atoms with E-state index in [0.717, 1.165) is 24.5 Å². The number of ether oxygens (including phenoxy) is 1. The summed E-state index contributed by atoms with van der Waals surface area (Å²) in [4.78, 5) is 19.8. The van der Waals surface area contributed by atoms with Gasteiger partial charge in [0.25, 0.3) is 0 Å². The number of nitrogens with zero attached hydrogens (tertiary/aromatic N) is 2. The molecule has 0 aliphatic carbocycles. The molecule has 1 aliphatic heterocycles. The number of amides is 1. The van der Waals surface area contributed by atoms with E-state index in [1.54, 1.807) is 24.4 Å². The van der Waals surface area contributed by atoms with E-state index in [1.807, 2.05) is 40.7 Å². The standard InChI is InChI=1S/C24H34N4O4S/c1-16(2)12-22(27-33(30,31)21-9-6-17(3)7-10-21)24(29)26-20-8-11-23(25-13-20)28-14-18(4)32-19(5)15-28/h6-11,13,16,18-19,22,27H,12,14-15H2,1-5H3,(H,26,29)/t18-,19+,22?. The second-order valence-corrected chi connectivity index (χ2v) is 10.9. The van der Waals surface area contributed by atoms with E-state index in [1.165, 1.54) is 12.1 Å². The third-order valence-electron chi connectivity index (χ3n) is 5.41. The van der Waals surface area contributed by atoms with Crippen LogP contribution in [0.1, 0.15) is 39.7 Å². The van der Waals surface area contributed by atoms with Crippen LogP contribution in [0.4, 0.5) is 11.5 Å². The number of carbonyl (C=O) groups excluding carboxylic acids is 1. The number of aromatic nitrogens is 1. The van der Waals surface area contributed by atoms with Gasteiger partial charge in [0.05, 0.1) is 29.0 Å². The van der Waals surface area contributed by atoms with Crippen LogP contribution >= 0.6 is 0 Å². The first kappa shape index (κ1) is 25.1. The van der Waals surface area contributed by atoms with Crippen molar-refractivity contribution in [1.29, 1.82) is 0 Å². The number of pyridine rings is 1. The molecule has 3 rings (SSSR count). The predicted molar refractivity (Wildman–Crippen MR) is 130 cm³/mol. The summed E-state index contributed by atoms with van der Waals surface area (Å²) in [6.45, 7) is 11.3. The fourth-order valence-electron chi connectivity index (χ4n) is 3.89. The summed E-state index contributed by atoms with van der Waals surface area (Å²) < 4.78 is 34.0. The van der Waals surface area contributed by atoms with Gasteiger partial charge in [0.2, 0.25) is 15.9 Å². The molecule has 1 aromatic heterocycles. The van der Waals surface area contributed by atoms with Crippen LogP contribution in [-0.2, 0) is 19.6 Å². The molecule has 1 saturated heterocycles. The molecule has 1 unspecified atom stereocenters. The molecule has 2 heterocycles. The first-order chi connectivity index (χ1) is 15.5. The lowest BCUT2D eigenvalue weighted by Gasteiger charge is -2.36. The lowest BCUT2D eigenvalue weighted by Crippen LogP contribution is -2.46. The molecular formula is C24H34N4O4S. The Bertz CT molecular complexity index is 1030. The van der Waals surface area contributed by atoms with Crippen molar-refractivity contribution in [2.45, 2.75) is 64.2 Å². The summed E-state index contributed by atoms with van der Waals surface area (Å²) in [5, 5.41) is 2.81. The SMILES string of the molecule is Cc1ccc(S(=O)(=O)NC(CC(C)C)C(=O)Nc2ccc(N3C[C@@H](C)O[C@@H](C)C3)nc2)cc1. The molecule has 0 bridgehead atoms. The Labute approximate surface area is 196 Å². The second kappa shape index (κ2) is 10.6. The highest BCUT2D eigenvalue weighted by Gasteiger charge is 2.27. The van der Waals surface area contributed by atoms with Crippen LogP contribution in [0.2, 0.25) is 0 Å². The number of carbonyl (C=O) groups is 1. The van der Waals surface area contributed by atoms with Crippen molar-refractivity contribution in [3.8, 4) is 0 Å². The van der Waals surface area contributed by atoms with Gasteiger partial charge in [-0.1, -0.05) is 31.5 Å². The lowest BCUT2D eigenvalue weighted by atomic mass is 10.0. The maximum atomic E-state index is 13.0. The molecule has 8 nitrogen and oxygen atoms in total. The van der Waals surface area contributed by atoms with Gasteiger partial charge in [-0.15, -0.1) is 0 Å². The maximum absolute atomic E-state index is 13.0. The zero-order valence-corrected chi connectivity index (χ0v) is 20.7. The Morgan fingerprint density at radius 1 is 1.12 bits per heavy atom. The minimum absolute atomic E-state index is 0.118. The molecule has 1 aliphatic rings. The van der Waals surface area contributed by atoms with Crippen LogP contribution in [0, 0.1) is 12.8 Å². The maximum Gasteiger partial charge on any atom is 0.242 e. The zero-order valence-electron chi connectivity index (χ0n) is 19.9. The van der Waals surface area contributed by atoms with Crippen molar-refractivity contribution >= 4 is 27.4 Å². The summed E-state index contributed by atoms with van der Waals surface area (Å²) in [7, 11) is -3.84. The largest absolute Gasteiger partial charge is 0.372 e.